The third kappa shape index (κ3) is 5.98. The van der Waals surface area contributed by atoms with Gasteiger partial charge < -0.3 is 25.0 Å². The Morgan fingerprint density at radius 2 is 2.03 bits per heavy atom. The molecule has 1 aromatic heterocycles. The zero-order chi connectivity index (χ0) is 25.8. The van der Waals surface area contributed by atoms with E-state index in [-0.39, 0.29) is 33.8 Å². The van der Waals surface area contributed by atoms with Crippen LogP contribution in [0.2, 0.25) is 10.0 Å². The van der Waals surface area contributed by atoms with Crippen LogP contribution in [0.25, 0.3) is 10.9 Å². The Bertz CT molecular complexity index is 1280. The maximum atomic E-state index is 14.7. The molecule has 190 valence electrons. The fourth-order valence-electron chi connectivity index (χ4n) is 3.68. The number of likely N-dealkylation sites (N-methyl/N-ethyl adjacent to an activating group) is 1. The summed E-state index contributed by atoms with van der Waals surface area (Å²) in [7, 11) is 3.92. The number of halogens is 3. The predicted molar refractivity (Wildman–Crippen MR) is 139 cm³/mol. The molecular formula is C25H26Cl2FN5O3. The average Bonchev–Trinajstić information content (AvgIpc) is 2.83. The van der Waals surface area contributed by atoms with Gasteiger partial charge in [0.1, 0.15) is 24.9 Å². The van der Waals surface area contributed by atoms with E-state index in [1.54, 1.807) is 12.1 Å². The number of ether oxygens (including phenoxy) is 2. The molecule has 0 unspecified atom stereocenters. The first-order valence-electron chi connectivity index (χ1n) is 11.3. The summed E-state index contributed by atoms with van der Waals surface area (Å²) in [5, 5.41) is 6.38. The van der Waals surface area contributed by atoms with E-state index >= 15 is 0 Å². The van der Waals surface area contributed by atoms with Crippen molar-refractivity contribution >= 4 is 51.5 Å². The first-order chi connectivity index (χ1) is 17.2. The predicted octanol–water partition coefficient (Wildman–Crippen LogP) is 4.97. The number of fused-ring (bicyclic) bond motifs is 1. The quantitative estimate of drug-likeness (QED) is 0.281. The van der Waals surface area contributed by atoms with E-state index in [9.17, 15) is 9.18 Å². The highest BCUT2D eigenvalue weighted by atomic mass is 35.5. The first kappa shape index (κ1) is 25.9. The van der Waals surface area contributed by atoms with Gasteiger partial charge in [0, 0.05) is 36.9 Å². The van der Waals surface area contributed by atoms with Crippen molar-refractivity contribution in [3.05, 3.63) is 59.1 Å². The lowest BCUT2D eigenvalue weighted by Crippen LogP contribution is -2.48. The molecule has 0 radical (unpaired) electrons. The monoisotopic (exact) mass is 533 g/mol. The van der Waals surface area contributed by atoms with Crippen LogP contribution in [0.5, 0.6) is 11.5 Å². The number of amides is 1. The van der Waals surface area contributed by atoms with Crippen molar-refractivity contribution in [2.45, 2.75) is 25.0 Å². The Labute approximate surface area is 218 Å². The first-order valence-corrected chi connectivity index (χ1v) is 12.1. The minimum atomic E-state index is -0.682. The molecular weight excluding hydrogens is 508 g/mol. The summed E-state index contributed by atoms with van der Waals surface area (Å²) in [5.41, 5.74) is 0.711. The molecule has 1 heterocycles. The maximum absolute atomic E-state index is 14.7. The molecule has 0 aliphatic heterocycles. The molecule has 1 amide bonds. The fourth-order valence-corrected chi connectivity index (χ4v) is 3.99. The third-order valence-electron chi connectivity index (χ3n) is 5.71. The standard InChI is InChI=1S/C25H26Cl2FN5O3/c1-4-22(34)31-14-9-15(10-14)36-21-11-16-19(12-20(21)35-8-7-33(2)3)29-13-30-25(16)32-18-6-5-17(26)23(27)24(18)28/h4-6,11-15H,1,7-10H2,2-3H3,(H,31,34)(H,29,30,32). The summed E-state index contributed by atoms with van der Waals surface area (Å²) in [6, 6.07) is 6.56. The van der Waals surface area contributed by atoms with Gasteiger partial charge in [-0.2, -0.15) is 0 Å². The number of rotatable bonds is 10. The highest BCUT2D eigenvalue weighted by molar-refractivity contribution is 6.42. The maximum Gasteiger partial charge on any atom is 0.243 e. The number of hydrogen-bond donors (Lipinski definition) is 2. The molecule has 0 atom stereocenters. The van der Waals surface area contributed by atoms with E-state index in [0.717, 1.165) is 0 Å². The molecule has 1 saturated carbocycles. The van der Waals surface area contributed by atoms with Gasteiger partial charge in [0.15, 0.2) is 17.3 Å². The van der Waals surface area contributed by atoms with Crippen molar-refractivity contribution < 1.29 is 18.7 Å². The van der Waals surface area contributed by atoms with Crippen molar-refractivity contribution in [1.29, 1.82) is 0 Å². The minimum absolute atomic E-state index is 0.0252. The van der Waals surface area contributed by atoms with Crippen molar-refractivity contribution in [2.75, 3.05) is 32.6 Å². The molecule has 1 aliphatic rings. The number of carbonyl (C=O) groups excluding carboxylic acids is 1. The number of nitrogens with zero attached hydrogens (tertiary/aromatic N) is 3. The molecule has 1 fully saturated rings. The third-order valence-corrected chi connectivity index (χ3v) is 6.49. The lowest BCUT2D eigenvalue weighted by atomic mass is 9.89. The number of anilines is 2. The van der Waals surface area contributed by atoms with Crippen molar-refractivity contribution in [1.82, 2.24) is 20.2 Å². The topological polar surface area (TPSA) is 88.6 Å². The number of nitrogens with one attached hydrogen (secondary N) is 2. The smallest absolute Gasteiger partial charge is 0.243 e. The summed E-state index contributed by atoms with van der Waals surface area (Å²) in [6.07, 6.45) is 3.82. The summed E-state index contributed by atoms with van der Waals surface area (Å²) in [4.78, 5) is 22.2. The number of carbonyl (C=O) groups is 1. The Kier molecular flexibility index (Phi) is 8.13. The number of benzene rings is 2. The molecule has 4 rings (SSSR count). The van der Waals surface area contributed by atoms with Gasteiger partial charge in [-0.25, -0.2) is 14.4 Å². The van der Waals surface area contributed by atoms with Gasteiger partial charge in [0.25, 0.3) is 0 Å². The van der Waals surface area contributed by atoms with Crippen LogP contribution in [0, 0.1) is 5.82 Å². The van der Waals surface area contributed by atoms with Gasteiger partial charge in [-0.1, -0.05) is 29.8 Å². The van der Waals surface area contributed by atoms with E-state index < -0.39 is 5.82 Å². The van der Waals surface area contributed by atoms with E-state index in [2.05, 4.69) is 27.2 Å². The molecule has 0 bridgehead atoms. The summed E-state index contributed by atoms with van der Waals surface area (Å²) in [6.45, 7) is 4.63. The normalized spacial score (nSPS) is 16.9. The second kappa shape index (κ2) is 11.3. The second-order valence-corrected chi connectivity index (χ2v) is 9.44. The van der Waals surface area contributed by atoms with Gasteiger partial charge >= 0.3 is 0 Å². The summed E-state index contributed by atoms with van der Waals surface area (Å²) in [5.74, 6) is 0.518. The van der Waals surface area contributed by atoms with Crippen LogP contribution in [0.1, 0.15) is 12.8 Å². The Balaban J connectivity index is 1.62. The highest BCUT2D eigenvalue weighted by Gasteiger charge is 2.32. The summed E-state index contributed by atoms with van der Waals surface area (Å²) >= 11 is 11.9. The zero-order valence-corrected chi connectivity index (χ0v) is 21.4. The van der Waals surface area contributed by atoms with Crippen LogP contribution in [0.3, 0.4) is 0 Å². The van der Waals surface area contributed by atoms with Crippen molar-refractivity contribution in [3.8, 4) is 11.5 Å². The van der Waals surface area contributed by atoms with Crippen molar-refractivity contribution in [2.24, 2.45) is 0 Å². The molecule has 2 N–H and O–H groups in total. The SMILES string of the molecule is C=CC(=O)NC1CC(Oc2cc3c(Nc4ccc(Cl)c(Cl)c4F)ncnc3cc2OCCN(C)C)C1. The molecule has 36 heavy (non-hydrogen) atoms. The van der Waals surface area contributed by atoms with Crippen LogP contribution in [-0.2, 0) is 4.79 Å². The lowest BCUT2D eigenvalue weighted by Gasteiger charge is -2.36. The number of hydrogen-bond acceptors (Lipinski definition) is 7. The molecule has 0 saturated heterocycles. The Morgan fingerprint density at radius 1 is 1.25 bits per heavy atom. The minimum Gasteiger partial charge on any atom is -0.488 e. The average molecular weight is 534 g/mol. The fraction of sp³-hybridized carbons (Fsp3) is 0.320. The molecule has 1 aliphatic carbocycles. The van der Waals surface area contributed by atoms with E-state index in [0.29, 0.717) is 54.2 Å². The lowest BCUT2D eigenvalue weighted by molar-refractivity contribution is -0.118. The molecule has 11 heteroatoms. The van der Waals surface area contributed by atoms with Gasteiger partial charge in [0.2, 0.25) is 5.91 Å². The Morgan fingerprint density at radius 3 is 2.75 bits per heavy atom. The van der Waals surface area contributed by atoms with Crippen LogP contribution in [0.4, 0.5) is 15.9 Å². The van der Waals surface area contributed by atoms with Gasteiger partial charge in [-0.3, -0.25) is 4.79 Å². The summed E-state index contributed by atoms with van der Waals surface area (Å²) < 4.78 is 26.9. The molecule has 8 nitrogen and oxygen atoms in total. The zero-order valence-electron chi connectivity index (χ0n) is 19.9. The Hall–Kier alpha value is -3.14. The number of aromatic nitrogens is 2. The van der Waals surface area contributed by atoms with Crippen LogP contribution >= 0.6 is 23.2 Å². The van der Waals surface area contributed by atoms with Crippen LogP contribution in [-0.4, -0.2) is 60.2 Å². The van der Waals surface area contributed by atoms with E-state index in [1.165, 1.54) is 24.5 Å². The van der Waals surface area contributed by atoms with E-state index in [1.807, 2.05) is 19.0 Å². The van der Waals surface area contributed by atoms with E-state index in [4.69, 9.17) is 32.7 Å². The largest absolute Gasteiger partial charge is 0.488 e. The highest BCUT2D eigenvalue weighted by Crippen LogP contribution is 2.38. The molecule has 0 spiro atoms. The molecule has 3 aromatic rings. The van der Waals surface area contributed by atoms with Crippen LogP contribution in [0.15, 0.2) is 43.2 Å². The second-order valence-electron chi connectivity index (χ2n) is 8.66. The van der Waals surface area contributed by atoms with Gasteiger partial charge in [0.05, 0.1) is 21.2 Å². The van der Waals surface area contributed by atoms with Gasteiger partial charge in [-0.15, -0.1) is 0 Å². The van der Waals surface area contributed by atoms with Crippen molar-refractivity contribution in [3.63, 3.8) is 0 Å². The van der Waals surface area contributed by atoms with Crippen LogP contribution < -0.4 is 20.1 Å². The molecule has 2 aromatic carbocycles. The van der Waals surface area contributed by atoms with Gasteiger partial charge in [-0.05, 0) is 38.4 Å².